The standard InChI is InChI=1S/C19H24N2O/c1-3-4-14-21(18-11-6-5-7-12-18)20-16(2)15-17-10-8-9-13-19(17)22/h5-13,22H,3-4,14-15H2,1-2H3/b20-16+. The predicted molar refractivity (Wildman–Crippen MR) is 93.6 cm³/mol. The lowest BCUT2D eigenvalue weighted by Crippen LogP contribution is -2.20. The molecule has 0 spiro atoms. The van der Waals surface area contributed by atoms with E-state index in [1.54, 1.807) is 6.07 Å². The monoisotopic (exact) mass is 296 g/mol. The fourth-order valence-corrected chi connectivity index (χ4v) is 2.32. The van der Waals surface area contributed by atoms with E-state index in [0.29, 0.717) is 12.2 Å². The van der Waals surface area contributed by atoms with Crippen LogP contribution in [-0.4, -0.2) is 17.4 Å². The molecule has 0 amide bonds. The second-order valence-corrected chi connectivity index (χ2v) is 5.45. The van der Waals surface area contributed by atoms with Crippen LogP contribution in [0.5, 0.6) is 5.75 Å². The number of para-hydroxylation sites is 2. The zero-order valence-corrected chi connectivity index (χ0v) is 13.4. The number of anilines is 1. The molecule has 0 aliphatic heterocycles. The maximum absolute atomic E-state index is 9.88. The average Bonchev–Trinajstić information content (AvgIpc) is 2.54. The van der Waals surface area contributed by atoms with Gasteiger partial charge in [-0.2, -0.15) is 5.10 Å². The Balaban J connectivity index is 2.15. The summed E-state index contributed by atoms with van der Waals surface area (Å²) in [6, 6.07) is 17.7. The first kappa shape index (κ1) is 16.1. The van der Waals surface area contributed by atoms with E-state index in [9.17, 15) is 5.11 Å². The summed E-state index contributed by atoms with van der Waals surface area (Å²) < 4.78 is 0. The molecule has 0 aromatic heterocycles. The molecule has 2 aromatic rings. The number of phenols is 1. The quantitative estimate of drug-likeness (QED) is 0.598. The SMILES string of the molecule is CCCCN(/N=C(\C)Cc1ccccc1O)c1ccccc1. The van der Waals surface area contributed by atoms with E-state index in [4.69, 9.17) is 5.10 Å². The van der Waals surface area contributed by atoms with Gasteiger partial charge in [0.1, 0.15) is 5.75 Å². The highest BCUT2D eigenvalue weighted by Gasteiger charge is 2.07. The van der Waals surface area contributed by atoms with Gasteiger partial charge in [0.15, 0.2) is 0 Å². The fourth-order valence-electron chi connectivity index (χ4n) is 2.32. The minimum Gasteiger partial charge on any atom is -0.508 e. The molecule has 0 saturated carbocycles. The van der Waals surface area contributed by atoms with Crippen LogP contribution >= 0.6 is 0 Å². The Morgan fingerprint density at radius 2 is 1.73 bits per heavy atom. The molecule has 22 heavy (non-hydrogen) atoms. The lowest BCUT2D eigenvalue weighted by atomic mass is 10.1. The van der Waals surface area contributed by atoms with E-state index in [-0.39, 0.29) is 0 Å². The molecule has 0 bridgehead atoms. The van der Waals surface area contributed by atoms with Crippen molar-refractivity contribution in [3.8, 4) is 5.75 Å². The predicted octanol–water partition coefficient (Wildman–Crippen LogP) is 4.62. The first-order valence-corrected chi connectivity index (χ1v) is 7.84. The van der Waals surface area contributed by atoms with Gasteiger partial charge >= 0.3 is 0 Å². The number of unbranched alkanes of at least 4 members (excludes halogenated alkanes) is 1. The molecule has 0 fully saturated rings. The molecule has 0 atom stereocenters. The zero-order chi connectivity index (χ0) is 15.8. The van der Waals surface area contributed by atoms with Crippen molar-refractivity contribution in [1.82, 2.24) is 0 Å². The molecule has 1 N–H and O–H groups in total. The minimum absolute atomic E-state index is 0.330. The summed E-state index contributed by atoms with van der Waals surface area (Å²) in [6.45, 7) is 5.09. The third-order valence-electron chi connectivity index (χ3n) is 3.51. The van der Waals surface area contributed by atoms with Crippen LogP contribution in [0.2, 0.25) is 0 Å². The van der Waals surface area contributed by atoms with Crippen LogP contribution in [0.15, 0.2) is 59.7 Å². The number of hydrogen-bond donors (Lipinski definition) is 1. The number of hydrogen-bond acceptors (Lipinski definition) is 3. The van der Waals surface area contributed by atoms with Crippen molar-refractivity contribution in [2.24, 2.45) is 5.10 Å². The van der Waals surface area contributed by atoms with Gasteiger partial charge in [0.2, 0.25) is 0 Å². The van der Waals surface area contributed by atoms with Crippen molar-refractivity contribution in [3.63, 3.8) is 0 Å². The van der Waals surface area contributed by atoms with Crippen LogP contribution in [-0.2, 0) is 6.42 Å². The summed E-state index contributed by atoms with van der Waals surface area (Å²) in [5, 5.41) is 16.7. The van der Waals surface area contributed by atoms with E-state index < -0.39 is 0 Å². The van der Waals surface area contributed by atoms with E-state index in [1.807, 2.05) is 43.3 Å². The Morgan fingerprint density at radius 3 is 2.41 bits per heavy atom. The van der Waals surface area contributed by atoms with E-state index in [0.717, 1.165) is 36.3 Å². The molecule has 0 heterocycles. The van der Waals surface area contributed by atoms with Crippen LogP contribution < -0.4 is 5.01 Å². The van der Waals surface area contributed by atoms with E-state index in [1.165, 1.54) is 0 Å². The topological polar surface area (TPSA) is 35.8 Å². The normalized spacial score (nSPS) is 11.5. The summed E-state index contributed by atoms with van der Waals surface area (Å²) in [5.41, 5.74) is 3.00. The van der Waals surface area contributed by atoms with Crippen molar-refractivity contribution in [3.05, 3.63) is 60.2 Å². The van der Waals surface area contributed by atoms with Crippen LogP contribution in [0.25, 0.3) is 0 Å². The first-order chi connectivity index (χ1) is 10.7. The number of nitrogens with zero attached hydrogens (tertiary/aromatic N) is 2. The van der Waals surface area contributed by atoms with Gasteiger partial charge in [-0.15, -0.1) is 0 Å². The molecule has 0 saturated heterocycles. The lowest BCUT2D eigenvalue weighted by molar-refractivity contribution is 0.470. The maximum atomic E-state index is 9.88. The van der Waals surface area contributed by atoms with Gasteiger partial charge in [-0.25, -0.2) is 0 Å². The zero-order valence-electron chi connectivity index (χ0n) is 13.4. The largest absolute Gasteiger partial charge is 0.508 e. The second-order valence-electron chi connectivity index (χ2n) is 5.45. The number of hydrazone groups is 1. The molecule has 3 heteroatoms. The summed E-state index contributed by atoms with van der Waals surface area (Å²) in [7, 11) is 0. The van der Waals surface area contributed by atoms with Gasteiger partial charge < -0.3 is 5.11 Å². The lowest BCUT2D eigenvalue weighted by Gasteiger charge is -2.20. The van der Waals surface area contributed by atoms with Crippen LogP contribution in [0.4, 0.5) is 5.69 Å². The number of rotatable bonds is 7. The van der Waals surface area contributed by atoms with E-state index >= 15 is 0 Å². The van der Waals surface area contributed by atoms with Crippen molar-refractivity contribution < 1.29 is 5.11 Å². The maximum Gasteiger partial charge on any atom is 0.119 e. The van der Waals surface area contributed by atoms with Crippen molar-refractivity contribution in [2.75, 3.05) is 11.6 Å². The molecule has 2 aromatic carbocycles. The Bertz CT molecular complexity index is 608. The van der Waals surface area contributed by atoms with Crippen molar-refractivity contribution in [2.45, 2.75) is 33.1 Å². The van der Waals surface area contributed by atoms with Gasteiger partial charge in [0.25, 0.3) is 0 Å². The van der Waals surface area contributed by atoms with Crippen LogP contribution in [0.3, 0.4) is 0 Å². The Hall–Kier alpha value is -2.29. The third kappa shape index (κ3) is 4.62. The van der Waals surface area contributed by atoms with Crippen molar-refractivity contribution >= 4 is 11.4 Å². The number of phenolic OH excluding ortho intramolecular Hbond substituents is 1. The highest BCUT2D eigenvalue weighted by Crippen LogP contribution is 2.18. The number of benzene rings is 2. The summed E-state index contributed by atoms with van der Waals surface area (Å²) in [6.07, 6.45) is 2.89. The van der Waals surface area contributed by atoms with Gasteiger partial charge in [0, 0.05) is 18.7 Å². The molecule has 2 rings (SSSR count). The highest BCUT2D eigenvalue weighted by atomic mass is 16.3. The van der Waals surface area contributed by atoms with E-state index in [2.05, 4.69) is 24.1 Å². The average molecular weight is 296 g/mol. The third-order valence-corrected chi connectivity index (χ3v) is 3.51. The Labute approximate surface area is 132 Å². The Kier molecular flexibility index (Phi) is 6.01. The summed E-state index contributed by atoms with van der Waals surface area (Å²) in [5.74, 6) is 0.330. The molecular formula is C19H24N2O. The van der Waals surface area contributed by atoms with Gasteiger partial charge in [-0.3, -0.25) is 5.01 Å². The molecule has 0 aliphatic carbocycles. The van der Waals surface area contributed by atoms with Crippen LogP contribution in [0.1, 0.15) is 32.3 Å². The second kappa shape index (κ2) is 8.23. The van der Waals surface area contributed by atoms with Crippen molar-refractivity contribution in [1.29, 1.82) is 0 Å². The number of aromatic hydroxyl groups is 1. The molecule has 0 aliphatic rings. The summed E-state index contributed by atoms with van der Waals surface area (Å²) in [4.78, 5) is 0. The van der Waals surface area contributed by atoms with Crippen LogP contribution in [0, 0.1) is 0 Å². The minimum atomic E-state index is 0.330. The van der Waals surface area contributed by atoms with Gasteiger partial charge in [-0.05, 0) is 37.1 Å². The van der Waals surface area contributed by atoms with Gasteiger partial charge in [0.05, 0.1) is 5.69 Å². The Morgan fingerprint density at radius 1 is 1.05 bits per heavy atom. The van der Waals surface area contributed by atoms with Gasteiger partial charge in [-0.1, -0.05) is 49.7 Å². The summed E-state index contributed by atoms with van der Waals surface area (Å²) >= 11 is 0. The fraction of sp³-hybridized carbons (Fsp3) is 0.316. The molecule has 0 unspecified atom stereocenters. The molecule has 3 nitrogen and oxygen atoms in total. The molecular weight excluding hydrogens is 272 g/mol. The smallest absolute Gasteiger partial charge is 0.119 e. The highest BCUT2D eigenvalue weighted by molar-refractivity contribution is 5.85. The molecule has 0 radical (unpaired) electrons. The molecule has 116 valence electrons. The first-order valence-electron chi connectivity index (χ1n) is 7.84.